The number of fused-ring (bicyclic) bond motifs is 1. The lowest BCUT2D eigenvalue weighted by molar-refractivity contribution is 0.374. The van der Waals surface area contributed by atoms with Gasteiger partial charge in [0, 0.05) is 17.0 Å². The summed E-state index contributed by atoms with van der Waals surface area (Å²) in [5, 5.41) is 9.66. The molecule has 2 N–H and O–H groups in total. The van der Waals surface area contributed by atoms with Crippen molar-refractivity contribution in [3.05, 3.63) is 21.9 Å². The molecule has 2 unspecified atom stereocenters. The maximum Gasteiger partial charge on any atom is 0.0333 e. The van der Waals surface area contributed by atoms with Gasteiger partial charge in [-0.2, -0.15) is 0 Å². The number of nitrogens with one attached hydrogen (secondary N) is 2. The molecule has 3 heteroatoms. The van der Waals surface area contributed by atoms with E-state index in [1.54, 1.807) is 10.4 Å². The van der Waals surface area contributed by atoms with Crippen LogP contribution in [0, 0.1) is 0 Å². The fourth-order valence-corrected chi connectivity index (χ4v) is 4.12. The van der Waals surface area contributed by atoms with Gasteiger partial charge in [-0.1, -0.05) is 0 Å². The van der Waals surface area contributed by atoms with Gasteiger partial charge >= 0.3 is 0 Å². The lowest BCUT2D eigenvalue weighted by atomic mass is 9.92. The maximum atomic E-state index is 3.91. The van der Waals surface area contributed by atoms with Crippen molar-refractivity contribution in [2.75, 3.05) is 13.1 Å². The topological polar surface area (TPSA) is 24.1 Å². The molecule has 1 saturated heterocycles. The first-order valence-electron chi connectivity index (χ1n) is 6.96. The summed E-state index contributed by atoms with van der Waals surface area (Å²) in [6.07, 6.45) is 7.93. The Labute approximate surface area is 108 Å². The van der Waals surface area contributed by atoms with Crippen LogP contribution in [-0.2, 0) is 6.42 Å². The van der Waals surface area contributed by atoms with E-state index >= 15 is 0 Å². The zero-order valence-corrected chi connectivity index (χ0v) is 11.2. The van der Waals surface area contributed by atoms with Crippen molar-refractivity contribution in [3.63, 3.8) is 0 Å². The number of aryl methyl sites for hydroxylation is 1. The monoisotopic (exact) mass is 250 g/mol. The van der Waals surface area contributed by atoms with E-state index in [-0.39, 0.29) is 0 Å². The summed E-state index contributed by atoms with van der Waals surface area (Å²) in [6, 6.07) is 3.69. The third kappa shape index (κ3) is 2.72. The third-order valence-corrected chi connectivity index (χ3v) is 5.06. The van der Waals surface area contributed by atoms with E-state index in [0.29, 0.717) is 6.04 Å². The number of rotatable bonds is 2. The van der Waals surface area contributed by atoms with E-state index in [9.17, 15) is 0 Å². The summed E-state index contributed by atoms with van der Waals surface area (Å²) >= 11 is 1.94. The molecule has 1 aromatic rings. The van der Waals surface area contributed by atoms with E-state index in [1.165, 1.54) is 51.6 Å². The van der Waals surface area contributed by atoms with Crippen molar-refractivity contribution in [2.45, 2.75) is 50.6 Å². The molecule has 2 aliphatic rings. The van der Waals surface area contributed by atoms with E-state index in [0.717, 1.165) is 6.04 Å². The Kier molecular flexibility index (Phi) is 3.79. The SMILES string of the molecule is c1cc2c(s1)CCCC2NC1CCCNCC1. The molecule has 0 bridgehead atoms. The van der Waals surface area contributed by atoms with Crippen molar-refractivity contribution in [1.29, 1.82) is 0 Å². The summed E-state index contributed by atoms with van der Waals surface area (Å²) in [7, 11) is 0. The van der Waals surface area contributed by atoms with E-state index in [4.69, 9.17) is 0 Å². The number of thiophene rings is 1. The van der Waals surface area contributed by atoms with Crippen molar-refractivity contribution in [2.24, 2.45) is 0 Å². The molecule has 3 rings (SSSR count). The first kappa shape index (κ1) is 11.7. The summed E-state index contributed by atoms with van der Waals surface area (Å²) < 4.78 is 0. The highest BCUT2D eigenvalue weighted by Gasteiger charge is 2.23. The summed E-state index contributed by atoms with van der Waals surface area (Å²) in [6.45, 7) is 2.38. The molecule has 0 radical (unpaired) electrons. The zero-order chi connectivity index (χ0) is 11.5. The second-order valence-corrected chi connectivity index (χ2v) is 6.29. The first-order valence-corrected chi connectivity index (χ1v) is 7.84. The molecular formula is C14H22N2S. The highest BCUT2D eigenvalue weighted by Crippen LogP contribution is 2.33. The van der Waals surface area contributed by atoms with Crippen molar-refractivity contribution >= 4 is 11.3 Å². The van der Waals surface area contributed by atoms with Crippen molar-refractivity contribution in [3.8, 4) is 0 Å². The Morgan fingerprint density at radius 3 is 3.18 bits per heavy atom. The molecule has 1 aliphatic carbocycles. The smallest absolute Gasteiger partial charge is 0.0333 e. The predicted octanol–water partition coefficient (Wildman–Crippen LogP) is 2.86. The van der Waals surface area contributed by atoms with Gasteiger partial charge in [0.1, 0.15) is 0 Å². The van der Waals surface area contributed by atoms with Crippen molar-refractivity contribution in [1.82, 2.24) is 10.6 Å². The fraction of sp³-hybridized carbons (Fsp3) is 0.714. The highest BCUT2D eigenvalue weighted by molar-refractivity contribution is 7.10. The Balaban J connectivity index is 1.65. The third-order valence-electron chi connectivity index (χ3n) is 4.06. The van der Waals surface area contributed by atoms with Gasteiger partial charge in [-0.15, -0.1) is 11.3 Å². The Bertz CT molecular complexity index is 353. The fourth-order valence-electron chi connectivity index (χ4n) is 3.13. The molecule has 0 aromatic carbocycles. The molecule has 1 aliphatic heterocycles. The van der Waals surface area contributed by atoms with Crippen LogP contribution in [0.25, 0.3) is 0 Å². The van der Waals surface area contributed by atoms with Gasteiger partial charge in [0.2, 0.25) is 0 Å². The van der Waals surface area contributed by atoms with Crippen LogP contribution in [0.5, 0.6) is 0 Å². The minimum atomic E-state index is 0.632. The molecule has 2 heterocycles. The molecule has 1 aromatic heterocycles. The lowest BCUT2D eigenvalue weighted by Crippen LogP contribution is -2.34. The molecular weight excluding hydrogens is 228 g/mol. The van der Waals surface area contributed by atoms with Crippen LogP contribution in [0.4, 0.5) is 0 Å². The normalized spacial score (nSPS) is 29.6. The van der Waals surface area contributed by atoms with E-state index < -0.39 is 0 Å². The average molecular weight is 250 g/mol. The van der Waals surface area contributed by atoms with Crippen LogP contribution < -0.4 is 10.6 Å². The van der Waals surface area contributed by atoms with Gasteiger partial charge in [-0.3, -0.25) is 0 Å². The molecule has 2 nitrogen and oxygen atoms in total. The lowest BCUT2D eigenvalue weighted by Gasteiger charge is -2.28. The minimum absolute atomic E-state index is 0.632. The van der Waals surface area contributed by atoms with Crippen LogP contribution in [-0.4, -0.2) is 19.1 Å². The number of hydrogen-bond donors (Lipinski definition) is 2. The molecule has 1 fully saturated rings. The Hall–Kier alpha value is -0.380. The van der Waals surface area contributed by atoms with Gasteiger partial charge in [0.05, 0.1) is 0 Å². The van der Waals surface area contributed by atoms with Crippen LogP contribution in [0.3, 0.4) is 0 Å². The van der Waals surface area contributed by atoms with Gasteiger partial charge in [-0.05, 0) is 68.6 Å². The van der Waals surface area contributed by atoms with Gasteiger partial charge in [0.15, 0.2) is 0 Å². The Morgan fingerprint density at radius 1 is 1.18 bits per heavy atom. The predicted molar refractivity (Wildman–Crippen MR) is 73.6 cm³/mol. The van der Waals surface area contributed by atoms with E-state index in [2.05, 4.69) is 22.1 Å². The molecule has 17 heavy (non-hydrogen) atoms. The second-order valence-electron chi connectivity index (χ2n) is 5.29. The molecule has 0 saturated carbocycles. The first-order chi connectivity index (χ1) is 8.43. The quantitative estimate of drug-likeness (QED) is 0.843. The van der Waals surface area contributed by atoms with Crippen LogP contribution in [0.1, 0.15) is 48.6 Å². The molecule has 0 amide bonds. The summed E-state index contributed by atoms with van der Waals surface area (Å²) in [5.41, 5.74) is 1.60. The molecule has 0 spiro atoms. The summed E-state index contributed by atoms with van der Waals surface area (Å²) in [4.78, 5) is 1.63. The van der Waals surface area contributed by atoms with E-state index in [1.807, 2.05) is 11.3 Å². The second kappa shape index (κ2) is 5.51. The average Bonchev–Trinajstić information content (AvgIpc) is 2.69. The summed E-state index contributed by atoms with van der Waals surface area (Å²) in [5.74, 6) is 0. The van der Waals surface area contributed by atoms with Gasteiger partial charge < -0.3 is 10.6 Å². The highest BCUT2D eigenvalue weighted by atomic mass is 32.1. The number of hydrogen-bond acceptors (Lipinski definition) is 3. The Morgan fingerprint density at radius 2 is 2.18 bits per heavy atom. The van der Waals surface area contributed by atoms with Gasteiger partial charge in [0.25, 0.3) is 0 Å². The van der Waals surface area contributed by atoms with Gasteiger partial charge in [-0.25, -0.2) is 0 Å². The zero-order valence-electron chi connectivity index (χ0n) is 10.4. The minimum Gasteiger partial charge on any atom is -0.317 e. The largest absolute Gasteiger partial charge is 0.317 e. The van der Waals surface area contributed by atoms with Crippen LogP contribution in [0.15, 0.2) is 11.4 Å². The van der Waals surface area contributed by atoms with Crippen molar-refractivity contribution < 1.29 is 0 Å². The van der Waals surface area contributed by atoms with Crippen LogP contribution in [0.2, 0.25) is 0 Å². The molecule has 94 valence electrons. The molecule has 2 atom stereocenters. The van der Waals surface area contributed by atoms with Crippen LogP contribution >= 0.6 is 11.3 Å². The maximum absolute atomic E-state index is 3.91. The standard InChI is InChI=1S/C14H22N2S/c1-4-13(12-7-10-17-14(12)5-1)16-11-3-2-8-15-9-6-11/h7,10-11,13,15-16H,1-6,8-9H2.